The molecule has 6 nitrogen and oxygen atoms in total. The molecule has 2 aliphatic heterocycles. The van der Waals surface area contributed by atoms with Crippen molar-refractivity contribution in [2.45, 2.75) is 32.7 Å². The summed E-state index contributed by atoms with van der Waals surface area (Å²) < 4.78 is 23.3. The Hall–Kier alpha value is -0.920. The van der Waals surface area contributed by atoms with E-state index in [0.29, 0.717) is 16.7 Å². The summed E-state index contributed by atoms with van der Waals surface area (Å²) in [6, 6.07) is 0.184. The second kappa shape index (κ2) is 6.53. The van der Waals surface area contributed by atoms with E-state index < -0.39 is 9.84 Å². The molecular formula is C15H23ClN4O2S. The average molecular weight is 359 g/mol. The second-order valence-electron chi connectivity index (χ2n) is 6.31. The topological polar surface area (TPSA) is 66.4 Å². The van der Waals surface area contributed by atoms with Crippen LogP contribution in [0.15, 0.2) is 0 Å². The molecule has 3 rings (SSSR count). The molecule has 2 aliphatic rings. The van der Waals surface area contributed by atoms with Gasteiger partial charge in [-0.1, -0.05) is 18.5 Å². The van der Waals surface area contributed by atoms with Crippen molar-refractivity contribution in [3.63, 3.8) is 0 Å². The summed E-state index contributed by atoms with van der Waals surface area (Å²) in [5.74, 6) is 2.32. The van der Waals surface area contributed by atoms with Crippen LogP contribution in [-0.4, -0.2) is 67.0 Å². The SMILES string of the molecule is CCc1nc(Cl)c(C)c(N2CCN(C3CCS(=O)(=O)C3)CC2)n1. The molecule has 0 N–H and O–H groups in total. The first-order chi connectivity index (χ1) is 10.9. The van der Waals surface area contributed by atoms with Crippen LogP contribution in [0.25, 0.3) is 0 Å². The van der Waals surface area contributed by atoms with Gasteiger partial charge in [0.2, 0.25) is 0 Å². The number of aromatic nitrogens is 2. The number of piperazine rings is 1. The lowest BCUT2D eigenvalue weighted by molar-refractivity contribution is 0.200. The number of aryl methyl sites for hydroxylation is 1. The van der Waals surface area contributed by atoms with Crippen molar-refractivity contribution in [3.05, 3.63) is 16.5 Å². The van der Waals surface area contributed by atoms with E-state index in [1.807, 2.05) is 13.8 Å². The first-order valence-electron chi connectivity index (χ1n) is 8.12. The quantitative estimate of drug-likeness (QED) is 0.759. The van der Waals surface area contributed by atoms with Crippen LogP contribution < -0.4 is 4.90 Å². The molecule has 2 saturated heterocycles. The lowest BCUT2D eigenvalue weighted by Gasteiger charge is -2.38. The first-order valence-corrected chi connectivity index (χ1v) is 10.3. The van der Waals surface area contributed by atoms with Crippen molar-refractivity contribution in [1.29, 1.82) is 0 Å². The van der Waals surface area contributed by atoms with E-state index in [9.17, 15) is 8.42 Å². The number of nitrogens with zero attached hydrogens (tertiary/aromatic N) is 4. The molecule has 0 bridgehead atoms. The van der Waals surface area contributed by atoms with Crippen LogP contribution in [0.4, 0.5) is 5.82 Å². The third kappa shape index (κ3) is 3.61. The van der Waals surface area contributed by atoms with Crippen LogP contribution >= 0.6 is 11.6 Å². The number of sulfone groups is 1. The molecule has 0 amide bonds. The number of rotatable bonds is 3. The normalized spacial score (nSPS) is 25.0. The fourth-order valence-electron chi connectivity index (χ4n) is 3.35. The average Bonchev–Trinajstić information content (AvgIpc) is 2.90. The molecule has 23 heavy (non-hydrogen) atoms. The highest BCUT2D eigenvalue weighted by molar-refractivity contribution is 7.91. The predicted molar refractivity (Wildman–Crippen MR) is 92.0 cm³/mol. The van der Waals surface area contributed by atoms with Crippen molar-refractivity contribution in [3.8, 4) is 0 Å². The lowest BCUT2D eigenvalue weighted by atomic mass is 10.2. The number of halogens is 1. The van der Waals surface area contributed by atoms with E-state index >= 15 is 0 Å². The molecule has 0 saturated carbocycles. The van der Waals surface area contributed by atoms with Gasteiger partial charge in [-0.05, 0) is 13.3 Å². The molecule has 3 heterocycles. The number of hydrogen-bond acceptors (Lipinski definition) is 6. The molecule has 0 aliphatic carbocycles. The molecule has 2 fully saturated rings. The van der Waals surface area contributed by atoms with Crippen LogP contribution in [0.5, 0.6) is 0 Å². The fraction of sp³-hybridized carbons (Fsp3) is 0.733. The fourth-order valence-corrected chi connectivity index (χ4v) is 5.29. The van der Waals surface area contributed by atoms with Gasteiger partial charge in [0, 0.05) is 44.2 Å². The van der Waals surface area contributed by atoms with Crippen molar-refractivity contribution < 1.29 is 8.42 Å². The van der Waals surface area contributed by atoms with E-state index in [4.69, 9.17) is 11.6 Å². The van der Waals surface area contributed by atoms with Crippen molar-refractivity contribution >= 4 is 27.3 Å². The Morgan fingerprint density at radius 3 is 2.48 bits per heavy atom. The van der Waals surface area contributed by atoms with E-state index in [0.717, 1.165) is 56.2 Å². The summed E-state index contributed by atoms with van der Waals surface area (Å²) in [5.41, 5.74) is 0.917. The molecule has 128 valence electrons. The molecular weight excluding hydrogens is 336 g/mol. The molecule has 0 radical (unpaired) electrons. The zero-order valence-corrected chi connectivity index (χ0v) is 15.2. The summed E-state index contributed by atoms with van der Waals surface area (Å²) in [6.07, 6.45) is 1.52. The monoisotopic (exact) mass is 358 g/mol. The lowest BCUT2D eigenvalue weighted by Crippen LogP contribution is -2.51. The number of hydrogen-bond donors (Lipinski definition) is 0. The third-order valence-corrected chi connectivity index (χ3v) is 6.88. The Morgan fingerprint density at radius 2 is 1.91 bits per heavy atom. The summed E-state index contributed by atoms with van der Waals surface area (Å²) in [6.45, 7) is 7.38. The first kappa shape index (κ1) is 16.9. The maximum atomic E-state index is 11.7. The largest absolute Gasteiger partial charge is 0.354 e. The molecule has 1 atom stereocenters. The smallest absolute Gasteiger partial charge is 0.151 e. The third-order valence-electron chi connectivity index (χ3n) is 4.76. The second-order valence-corrected chi connectivity index (χ2v) is 8.90. The van der Waals surface area contributed by atoms with Gasteiger partial charge in [0.1, 0.15) is 16.8 Å². The summed E-state index contributed by atoms with van der Waals surface area (Å²) in [5, 5.41) is 0.524. The summed E-state index contributed by atoms with van der Waals surface area (Å²) in [7, 11) is -2.83. The minimum atomic E-state index is -2.83. The minimum Gasteiger partial charge on any atom is -0.354 e. The van der Waals surface area contributed by atoms with Crippen LogP contribution in [0.2, 0.25) is 5.15 Å². The van der Waals surface area contributed by atoms with Crippen molar-refractivity contribution in [2.75, 3.05) is 42.6 Å². The van der Waals surface area contributed by atoms with Gasteiger partial charge in [0.05, 0.1) is 11.5 Å². The van der Waals surface area contributed by atoms with Crippen LogP contribution in [-0.2, 0) is 16.3 Å². The zero-order valence-electron chi connectivity index (χ0n) is 13.6. The van der Waals surface area contributed by atoms with Gasteiger partial charge < -0.3 is 4.90 Å². The Morgan fingerprint density at radius 1 is 1.22 bits per heavy atom. The Kier molecular flexibility index (Phi) is 4.80. The van der Waals surface area contributed by atoms with Crippen molar-refractivity contribution in [1.82, 2.24) is 14.9 Å². The van der Waals surface area contributed by atoms with Gasteiger partial charge in [-0.15, -0.1) is 0 Å². The van der Waals surface area contributed by atoms with Crippen molar-refractivity contribution in [2.24, 2.45) is 0 Å². The number of anilines is 1. The minimum absolute atomic E-state index is 0.184. The van der Waals surface area contributed by atoms with Gasteiger partial charge >= 0.3 is 0 Å². The predicted octanol–water partition coefficient (Wildman–Crippen LogP) is 1.31. The van der Waals surface area contributed by atoms with E-state index in [1.165, 1.54) is 0 Å². The molecule has 1 aromatic rings. The molecule has 8 heteroatoms. The standard InChI is InChI=1S/C15H23ClN4O2S/c1-3-13-17-14(16)11(2)15(18-13)20-7-5-19(6-8-20)12-4-9-23(21,22)10-12/h12H,3-10H2,1-2H3. The highest BCUT2D eigenvalue weighted by Gasteiger charge is 2.34. The molecule has 1 aromatic heterocycles. The Bertz CT molecular complexity index is 687. The molecule has 1 unspecified atom stereocenters. The van der Waals surface area contributed by atoms with E-state index in [1.54, 1.807) is 0 Å². The maximum Gasteiger partial charge on any atom is 0.151 e. The highest BCUT2D eigenvalue weighted by atomic mass is 35.5. The Balaban J connectivity index is 1.69. The summed E-state index contributed by atoms with van der Waals surface area (Å²) >= 11 is 6.23. The van der Waals surface area contributed by atoms with Crippen LogP contribution in [0.1, 0.15) is 24.7 Å². The van der Waals surface area contributed by atoms with E-state index in [-0.39, 0.29) is 6.04 Å². The highest BCUT2D eigenvalue weighted by Crippen LogP contribution is 2.26. The van der Waals surface area contributed by atoms with Gasteiger partial charge in [0.15, 0.2) is 9.84 Å². The van der Waals surface area contributed by atoms with Gasteiger partial charge in [-0.2, -0.15) is 0 Å². The molecule has 0 spiro atoms. The Labute approximate surface area is 142 Å². The van der Waals surface area contributed by atoms with Gasteiger partial charge in [-0.3, -0.25) is 4.90 Å². The molecule has 0 aromatic carbocycles. The maximum absolute atomic E-state index is 11.7. The van der Waals surface area contributed by atoms with Crippen LogP contribution in [0.3, 0.4) is 0 Å². The van der Waals surface area contributed by atoms with Crippen LogP contribution in [0, 0.1) is 6.92 Å². The zero-order chi connectivity index (χ0) is 16.6. The van der Waals surface area contributed by atoms with Gasteiger partial charge in [-0.25, -0.2) is 18.4 Å². The van der Waals surface area contributed by atoms with E-state index in [2.05, 4.69) is 19.8 Å². The summed E-state index contributed by atoms with van der Waals surface area (Å²) in [4.78, 5) is 13.5. The van der Waals surface area contributed by atoms with Gasteiger partial charge in [0.25, 0.3) is 0 Å².